The van der Waals surface area contributed by atoms with Gasteiger partial charge in [0.05, 0.1) is 9.39 Å². The van der Waals surface area contributed by atoms with Crippen LogP contribution in [-0.4, -0.2) is 35.2 Å². The number of rotatable bonds is 4. The lowest BCUT2D eigenvalue weighted by Gasteiger charge is -2.38. The highest BCUT2D eigenvalue weighted by atomic mass is 79.9. The summed E-state index contributed by atoms with van der Waals surface area (Å²) >= 11 is 5.21. The summed E-state index contributed by atoms with van der Waals surface area (Å²) < 4.78 is 1.15. The van der Waals surface area contributed by atoms with Crippen molar-refractivity contribution >= 4 is 27.3 Å². The molecule has 0 saturated carbocycles. The first-order valence-electron chi connectivity index (χ1n) is 6.30. The highest BCUT2D eigenvalue weighted by molar-refractivity contribution is 9.11. The molecule has 1 N–H and O–H groups in total. The first-order valence-corrected chi connectivity index (χ1v) is 7.91. The fourth-order valence-corrected chi connectivity index (χ4v) is 4.08. The summed E-state index contributed by atoms with van der Waals surface area (Å²) in [7, 11) is 0. The van der Waals surface area contributed by atoms with Crippen LogP contribution in [0.3, 0.4) is 0 Å². The first-order chi connectivity index (χ1) is 8.11. The van der Waals surface area contributed by atoms with E-state index in [1.54, 1.807) is 11.3 Å². The van der Waals surface area contributed by atoms with Crippen LogP contribution < -0.4 is 0 Å². The minimum absolute atomic E-state index is 0.478. The van der Waals surface area contributed by atoms with E-state index in [0.29, 0.717) is 0 Å². The molecule has 4 heteroatoms. The van der Waals surface area contributed by atoms with Crippen molar-refractivity contribution in [2.45, 2.75) is 38.2 Å². The Morgan fingerprint density at radius 1 is 1.41 bits per heavy atom. The Labute approximate surface area is 116 Å². The molecule has 2 rings (SSSR count). The molecule has 96 valence electrons. The smallest absolute Gasteiger partial charge is 0.0720 e. The summed E-state index contributed by atoms with van der Waals surface area (Å²) in [5.41, 5.74) is -0.478. The van der Waals surface area contributed by atoms with E-state index < -0.39 is 5.60 Å². The van der Waals surface area contributed by atoms with Crippen molar-refractivity contribution in [3.05, 3.63) is 20.8 Å². The van der Waals surface area contributed by atoms with Gasteiger partial charge in [0.25, 0.3) is 0 Å². The molecule has 1 fully saturated rings. The third-order valence-electron chi connectivity index (χ3n) is 3.46. The molecule has 2 nitrogen and oxygen atoms in total. The third kappa shape index (κ3) is 3.78. The van der Waals surface area contributed by atoms with Gasteiger partial charge in [0.1, 0.15) is 0 Å². The first kappa shape index (κ1) is 13.5. The molecule has 1 aromatic rings. The van der Waals surface area contributed by atoms with Gasteiger partial charge in [-0.15, -0.1) is 11.3 Å². The predicted molar refractivity (Wildman–Crippen MR) is 76.6 cm³/mol. The normalized spacial score (nSPS) is 20.6. The highest BCUT2D eigenvalue weighted by Crippen LogP contribution is 2.30. The lowest BCUT2D eigenvalue weighted by Crippen LogP contribution is -2.45. The second kappa shape index (κ2) is 5.83. The van der Waals surface area contributed by atoms with E-state index in [1.165, 1.54) is 17.8 Å². The molecule has 0 atom stereocenters. The molecular weight excluding hydrogens is 298 g/mol. The summed E-state index contributed by atoms with van der Waals surface area (Å²) in [6.45, 7) is 5.46. The predicted octanol–water partition coefficient (Wildman–Crippen LogP) is 3.29. The molecule has 0 aromatic carbocycles. The molecule has 1 aliphatic heterocycles. The average molecular weight is 318 g/mol. The van der Waals surface area contributed by atoms with E-state index >= 15 is 0 Å². The molecular formula is C13H20BrNOS. The Kier molecular flexibility index (Phi) is 4.64. The minimum Gasteiger partial charge on any atom is -0.389 e. The van der Waals surface area contributed by atoms with Gasteiger partial charge in [0.15, 0.2) is 0 Å². The van der Waals surface area contributed by atoms with Crippen LogP contribution in [0.2, 0.25) is 0 Å². The lowest BCUT2D eigenvalue weighted by atomic mass is 9.87. The van der Waals surface area contributed by atoms with E-state index in [4.69, 9.17) is 0 Å². The van der Waals surface area contributed by atoms with Gasteiger partial charge >= 0.3 is 0 Å². The van der Waals surface area contributed by atoms with Crippen LogP contribution in [0.4, 0.5) is 0 Å². The average Bonchev–Trinajstić information content (AvgIpc) is 2.68. The van der Waals surface area contributed by atoms with Gasteiger partial charge in [-0.05, 0) is 53.9 Å². The fourth-order valence-electron chi connectivity index (χ4n) is 2.46. The van der Waals surface area contributed by atoms with Gasteiger partial charge in [0, 0.05) is 24.4 Å². The molecule has 0 bridgehead atoms. The van der Waals surface area contributed by atoms with Crippen molar-refractivity contribution in [3.8, 4) is 0 Å². The number of likely N-dealkylation sites (tertiary alicyclic amines) is 1. The number of nitrogens with zero attached hydrogens (tertiary/aromatic N) is 1. The Balaban J connectivity index is 1.89. The quantitative estimate of drug-likeness (QED) is 0.921. The van der Waals surface area contributed by atoms with Crippen LogP contribution >= 0.6 is 27.3 Å². The second-order valence-corrected chi connectivity index (χ2v) is 7.50. The summed E-state index contributed by atoms with van der Waals surface area (Å²) in [6, 6.07) is 4.18. The van der Waals surface area contributed by atoms with Crippen LogP contribution in [0, 0.1) is 0 Å². The standard InChI is InChI=1S/C13H20BrNOS/c1-2-7-15-8-5-13(16,6-9-15)10-11-3-4-12(14)17-11/h3-4,16H,2,5-10H2,1H3. The van der Waals surface area contributed by atoms with E-state index in [-0.39, 0.29) is 0 Å². The molecule has 17 heavy (non-hydrogen) atoms. The monoisotopic (exact) mass is 317 g/mol. The van der Waals surface area contributed by atoms with Crippen molar-refractivity contribution in [2.75, 3.05) is 19.6 Å². The summed E-state index contributed by atoms with van der Waals surface area (Å²) in [4.78, 5) is 3.74. The van der Waals surface area contributed by atoms with Crippen LogP contribution in [0.15, 0.2) is 15.9 Å². The van der Waals surface area contributed by atoms with E-state index in [9.17, 15) is 5.11 Å². The number of hydrogen-bond donors (Lipinski definition) is 1. The van der Waals surface area contributed by atoms with Gasteiger partial charge in [-0.2, -0.15) is 0 Å². The van der Waals surface area contributed by atoms with Crippen molar-refractivity contribution in [1.82, 2.24) is 4.90 Å². The molecule has 0 unspecified atom stereocenters. The number of hydrogen-bond acceptors (Lipinski definition) is 3. The van der Waals surface area contributed by atoms with Gasteiger partial charge in [0.2, 0.25) is 0 Å². The minimum atomic E-state index is -0.478. The third-order valence-corrected chi connectivity index (χ3v) is 5.08. The van der Waals surface area contributed by atoms with Gasteiger partial charge in [-0.3, -0.25) is 0 Å². The van der Waals surface area contributed by atoms with E-state index in [2.05, 4.69) is 39.9 Å². The number of halogens is 1. The topological polar surface area (TPSA) is 23.5 Å². The molecule has 2 heterocycles. The molecule has 0 radical (unpaired) electrons. The summed E-state index contributed by atoms with van der Waals surface area (Å²) in [5, 5.41) is 10.6. The molecule has 0 aliphatic carbocycles. The van der Waals surface area contributed by atoms with Crippen molar-refractivity contribution in [2.24, 2.45) is 0 Å². The molecule has 1 saturated heterocycles. The molecule has 1 aromatic heterocycles. The fraction of sp³-hybridized carbons (Fsp3) is 0.692. The maximum Gasteiger partial charge on any atom is 0.0720 e. The zero-order chi connectivity index (χ0) is 12.3. The van der Waals surface area contributed by atoms with E-state index in [0.717, 1.165) is 36.1 Å². The second-order valence-electron chi connectivity index (χ2n) is 4.95. The number of thiophene rings is 1. The SMILES string of the molecule is CCCN1CCC(O)(Cc2ccc(Br)s2)CC1. The Hall–Kier alpha value is 0.1000. The molecule has 0 amide bonds. The van der Waals surface area contributed by atoms with Crippen LogP contribution in [0.5, 0.6) is 0 Å². The van der Waals surface area contributed by atoms with Gasteiger partial charge in [-0.1, -0.05) is 6.92 Å². The lowest BCUT2D eigenvalue weighted by molar-refractivity contribution is -0.0199. The summed E-state index contributed by atoms with van der Waals surface area (Å²) in [6.07, 6.45) is 3.82. The van der Waals surface area contributed by atoms with E-state index in [1.807, 2.05) is 0 Å². The van der Waals surface area contributed by atoms with Crippen LogP contribution in [0.1, 0.15) is 31.1 Å². The van der Waals surface area contributed by atoms with Crippen LogP contribution in [0.25, 0.3) is 0 Å². The zero-order valence-corrected chi connectivity index (χ0v) is 12.7. The van der Waals surface area contributed by atoms with Gasteiger partial charge < -0.3 is 10.0 Å². The number of piperidine rings is 1. The molecule has 1 aliphatic rings. The van der Waals surface area contributed by atoms with Crippen molar-refractivity contribution in [3.63, 3.8) is 0 Å². The maximum absolute atomic E-state index is 10.6. The number of aliphatic hydroxyl groups is 1. The Bertz CT molecular complexity index is 358. The van der Waals surface area contributed by atoms with Crippen LogP contribution in [-0.2, 0) is 6.42 Å². The van der Waals surface area contributed by atoms with Crippen molar-refractivity contribution < 1.29 is 5.11 Å². The van der Waals surface area contributed by atoms with Crippen molar-refractivity contribution in [1.29, 1.82) is 0 Å². The highest BCUT2D eigenvalue weighted by Gasteiger charge is 2.32. The Morgan fingerprint density at radius 3 is 2.65 bits per heavy atom. The maximum atomic E-state index is 10.6. The largest absolute Gasteiger partial charge is 0.389 e. The van der Waals surface area contributed by atoms with Gasteiger partial charge in [-0.25, -0.2) is 0 Å². The molecule has 0 spiro atoms. The Morgan fingerprint density at radius 2 is 2.12 bits per heavy atom. The summed E-state index contributed by atoms with van der Waals surface area (Å²) in [5.74, 6) is 0. The zero-order valence-electron chi connectivity index (χ0n) is 10.3.